The van der Waals surface area contributed by atoms with Gasteiger partial charge in [-0.2, -0.15) is 0 Å². The van der Waals surface area contributed by atoms with Crippen LogP contribution < -0.4 is 4.72 Å². The third-order valence-electron chi connectivity index (χ3n) is 4.76. The summed E-state index contributed by atoms with van der Waals surface area (Å²) in [6.07, 6.45) is 4.80. The van der Waals surface area contributed by atoms with E-state index in [0.29, 0.717) is 18.4 Å². The Hall–Kier alpha value is -1.47. The van der Waals surface area contributed by atoms with Gasteiger partial charge in [0.15, 0.2) is 0 Å². The second kappa shape index (κ2) is 5.38. The fourth-order valence-corrected chi connectivity index (χ4v) is 4.82. The van der Waals surface area contributed by atoms with E-state index in [1.54, 1.807) is 0 Å². The van der Waals surface area contributed by atoms with Crippen LogP contribution >= 0.6 is 0 Å². The lowest BCUT2D eigenvalue weighted by Gasteiger charge is -2.21. The Bertz CT molecular complexity index is 659. The number of nitrogens with zero attached hydrogens (tertiary/aromatic N) is 1. The van der Waals surface area contributed by atoms with Crippen LogP contribution in [-0.4, -0.2) is 19.9 Å². The molecule has 2 bridgehead atoms. The van der Waals surface area contributed by atoms with Crippen molar-refractivity contribution in [2.45, 2.75) is 30.6 Å². The Balaban J connectivity index is 1.69. The van der Waals surface area contributed by atoms with Gasteiger partial charge >= 0.3 is 0 Å². The zero-order valence-electron chi connectivity index (χ0n) is 11.6. The van der Waals surface area contributed by atoms with Crippen molar-refractivity contribution in [1.82, 2.24) is 4.72 Å². The summed E-state index contributed by atoms with van der Waals surface area (Å²) in [5.74, 6) is 1.82. The van der Waals surface area contributed by atoms with Gasteiger partial charge in [-0.3, -0.25) is 10.1 Å². The van der Waals surface area contributed by atoms with E-state index in [9.17, 15) is 18.5 Å². The highest BCUT2D eigenvalue weighted by atomic mass is 32.2. The molecule has 114 valence electrons. The van der Waals surface area contributed by atoms with Gasteiger partial charge < -0.3 is 0 Å². The van der Waals surface area contributed by atoms with E-state index in [1.807, 2.05) is 0 Å². The van der Waals surface area contributed by atoms with Crippen LogP contribution in [0.1, 0.15) is 25.7 Å². The zero-order chi connectivity index (χ0) is 15.0. The Morgan fingerprint density at radius 1 is 1.29 bits per heavy atom. The molecular weight excluding hydrogens is 292 g/mol. The molecule has 3 rings (SSSR count). The van der Waals surface area contributed by atoms with Gasteiger partial charge in [-0.15, -0.1) is 0 Å². The van der Waals surface area contributed by atoms with Crippen LogP contribution in [0.2, 0.25) is 0 Å². The summed E-state index contributed by atoms with van der Waals surface area (Å²) in [4.78, 5) is 10.1. The molecule has 1 aromatic carbocycles. The summed E-state index contributed by atoms with van der Waals surface area (Å²) in [5, 5.41) is 10.7. The topological polar surface area (TPSA) is 89.3 Å². The summed E-state index contributed by atoms with van der Waals surface area (Å²) < 4.78 is 27.1. The first-order valence-electron chi connectivity index (χ1n) is 7.20. The van der Waals surface area contributed by atoms with E-state index in [0.717, 1.165) is 18.4 Å². The van der Waals surface area contributed by atoms with Crippen molar-refractivity contribution in [3.05, 3.63) is 34.4 Å². The number of rotatable bonds is 5. The predicted octanol–water partition coefficient (Wildman–Crippen LogP) is 2.31. The van der Waals surface area contributed by atoms with Crippen LogP contribution in [-0.2, 0) is 10.0 Å². The van der Waals surface area contributed by atoms with Crippen LogP contribution in [0.3, 0.4) is 0 Å². The van der Waals surface area contributed by atoms with Crippen LogP contribution in [0, 0.1) is 27.9 Å². The number of hydrogen-bond donors (Lipinski definition) is 1. The van der Waals surface area contributed by atoms with Gasteiger partial charge in [-0.05, 0) is 43.1 Å². The molecule has 21 heavy (non-hydrogen) atoms. The Labute approximate surface area is 123 Å². The highest BCUT2D eigenvalue weighted by molar-refractivity contribution is 7.89. The minimum atomic E-state index is -3.68. The first-order chi connectivity index (χ1) is 9.95. The number of fused-ring (bicyclic) bond motifs is 2. The van der Waals surface area contributed by atoms with Gasteiger partial charge in [0.05, 0.1) is 9.82 Å². The molecule has 7 heteroatoms. The fourth-order valence-electron chi connectivity index (χ4n) is 3.69. The average molecular weight is 310 g/mol. The number of sulfonamides is 1. The number of hydrogen-bond acceptors (Lipinski definition) is 4. The van der Waals surface area contributed by atoms with Crippen molar-refractivity contribution in [2.24, 2.45) is 17.8 Å². The van der Waals surface area contributed by atoms with Crippen LogP contribution in [0.4, 0.5) is 5.69 Å². The smallest absolute Gasteiger partial charge is 0.258 e. The molecule has 1 aromatic rings. The van der Waals surface area contributed by atoms with Crippen LogP contribution in [0.5, 0.6) is 0 Å². The number of nitro benzene ring substituents is 1. The average Bonchev–Trinajstić information content (AvgIpc) is 3.08. The van der Waals surface area contributed by atoms with E-state index in [-0.39, 0.29) is 10.6 Å². The maximum atomic E-state index is 12.2. The predicted molar refractivity (Wildman–Crippen MR) is 77.2 cm³/mol. The number of nitro groups is 1. The standard InChI is InChI=1S/C14H18N2O4S/c17-16(18)13-2-1-3-14(8-13)21(19,20)15-9-12-7-10-4-5-11(12)6-10/h1-3,8,10-12,15H,4-7,9H2/t10-,11-,12+/m1/s1. The van der Waals surface area contributed by atoms with E-state index in [4.69, 9.17) is 0 Å². The monoisotopic (exact) mass is 310 g/mol. The molecule has 1 N–H and O–H groups in total. The van der Waals surface area contributed by atoms with Gasteiger partial charge in [0.2, 0.25) is 10.0 Å². The minimum Gasteiger partial charge on any atom is -0.258 e. The molecule has 0 heterocycles. The fraction of sp³-hybridized carbons (Fsp3) is 0.571. The Morgan fingerprint density at radius 2 is 2.10 bits per heavy atom. The molecule has 2 aliphatic carbocycles. The molecular formula is C14H18N2O4S. The molecule has 2 saturated carbocycles. The van der Waals surface area contributed by atoms with E-state index < -0.39 is 14.9 Å². The first-order valence-corrected chi connectivity index (χ1v) is 8.68. The van der Waals surface area contributed by atoms with Crippen LogP contribution in [0.25, 0.3) is 0 Å². The highest BCUT2D eigenvalue weighted by Gasteiger charge is 2.39. The van der Waals surface area contributed by atoms with Crippen molar-refractivity contribution in [3.8, 4) is 0 Å². The molecule has 0 spiro atoms. The number of benzene rings is 1. The third kappa shape index (κ3) is 2.94. The molecule has 0 radical (unpaired) electrons. The summed E-state index contributed by atoms with van der Waals surface area (Å²) in [5.41, 5.74) is -0.210. The second-order valence-electron chi connectivity index (χ2n) is 6.04. The Morgan fingerprint density at radius 3 is 2.71 bits per heavy atom. The van der Waals surface area contributed by atoms with Gasteiger partial charge in [0.25, 0.3) is 5.69 Å². The number of non-ortho nitro benzene ring substituents is 1. The van der Waals surface area contributed by atoms with Crippen molar-refractivity contribution in [3.63, 3.8) is 0 Å². The molecule has 6 nitrogen and oxygen atoms in total. The maximum absolute atomic E-state index is 12.2. The summed E-state index contributed by atoms with van der Waals surface area (Å²) in [6, 6.07) is 5.17. The van der Waals surface area contributed by atoms with E-state index >= 15 is 0 Å². The quantitative estimate of drug-likeness (QED) is 0.667. The SMILES string of the molecule is O=[N+]([O-])c1cccc(S(=O)(=O)NC[C@@H]2C[C@@H]3CC[C@@H]2C3)c1. The van der Waals surface area contributed by atoms with Crippen LogP contribution in [0.15, 0.2) is 29.2 Å². The normalized spacial score (nSPS) is 27.9. The molecule has 0 unspecified atom stereocenters. The van der Waals surface area contributed by atoms with E-state index in [1.165, 1.54) is 37.5 Å². The van der Waals surface area contributed by atoms with Crippen molar-refractivity contribution in [2.75, 3.05) is 6.54 Å². The summed E-state index contributed by atoms with van der Waals surface area (Å²) in [6.45, 7) is 0.437. The molecule has 0 aliphatic heterocycles. The highest BCUT2D eigenvalue weighted by Crippen LogP contribution is 2.48. The summed E-state index contributed by atoms with van der Waals surface area (Å²) >= 11 is 0. The lowest BCUT2D eigenvalue weighted by Crippen LogP contribution is -2.31. The molecule has 0 amide bonds. The lowest BCUT2D eigenvalue weighted by molar-refractivity contribution is -0.385. The second-order valence-corrected chi connectivity index (χ2v) is 7.81. The van der Waals surface area contributed by atoms with E-state index in [2.05, 4.69) is 4.72 Å². The molecule has 0 aromatic heterocycles. The van der Waals surface area contributed by atoms with Gasteiger partial charge in [0.1, 0.15) is 0 Å². The molecule has 2 aliphatic rings. The molecule has 0 saturated heterocycles. The Kier molecular flexibility index (Phi) is 3.71. The van der Waals surface area contributed by atoms with Crippen molar-refractivity contribution < 1.29 is 13.3 Å². The largest absolute Gasteiger partial charge is 0.270 e. The molecule has 2 fully saturated rings. The third-order valence-corrected chi connectivity index (χ3v) is 6.18. The number of nitrogens with one attached hydrogen (secondary N) is 1. The van der Waals surface area contributed by atoms with Gasteiger partial charge in [0, 0.05) is 18.7 Å². The zero-order valence-corrected chi connectivity index (χ0v) is 12.4. The maximum Gasteiger partial charge on any atom is 0.270 e. The lowest BCUT2D eigenvalue weighted by atomic mass is 9.89. The first kappa shape index (κ1) is 14.5. The minimum absolute atomic E-state index is 0.0418. The van der Waals surface area contributed by atoms with Crippen molar-refractivity contribution in [1.29, 1.82) is 0 Å². The van der Waals surface area contributed by atoms with Gasteiger partial charge in [-0.1, -0.05) is 12.5 Å². The van der Waals surface area contributed by atoms with Gasteiger partial charge in [-0.25, -0.2) is 13.1 Å². The summed E-state index contributed by atoms with van der Waals surface area (Å²) in [7, 11) is -3.68. The van der Waals surface area contributed by atoms with Crippen molar-refractivity contribution >= 4 is 15.7 Å². The molecule has 3 atom stereocenters.